The Hall–Kier alpha value is -2.53. The van der Waals surface area contributed by atoms with Crippen molar-refractivity contribution < 1.29 is 14.7 Å². The summed E-state index contributed by atoms with van der Waals surface area (Å²) in [6.45, 7) is 1.76. The van der Waals surface area contributed by atoms with Crippen LogP contribution in [0.2, 0.25) is 5.02 Å². The molecule has 1 saturated heterocycles. The molecule has 0 aromatic heterocycles. The van der Waals surface area contributed by atoms with E-state index in [1.54, 1.807) is 21.9 Å². The van der Waals surface area contributed by atoms with Crippen LogP contribution in [0.4, 0.5) is 0 Å². The Labute approximate surface area is 145 Å². The molecular weight excluding hydrogens is 328 g/mol. The minimum absolute atomic E-state index is 0.0340. The lowest BCUT2D eigenvalue weighted by Crippen LogP contribution is -2.50. The van der Waals surface area contributed by atoms with E-state index in [0.29, 0.717) is 36.8 Å². The molecule has 0 aliphatic carbocycles. The fourth-order valence-electron chi connectivity index (χ4n) is 2.73. The molecule has 0 radical (unpaired) electrons. The largest absolute Gasteiger partial charge is 0.507 e. The molecule has 2 amide bonds. The monoisotopic (exact) mass is 344 g/mol. The average Bonchev–Trinajstić information content (AvgIpc) is 2.63. The van der Waals surface area contributed by atoms with E-state index in [9.17, 15) is 14.7 Å². The van der Waals surface area contributed by atoms with Gasteiger partial charge in [0.25, 0.3) is 11.8 Å². The van der Waals surface area contributed by atoms with Gasteiger partial charge in [0.05, 0.1) is 5.56 Å². The number of carbonyl (C=O) groups excluding carboxylic acids is 2. The smallest absolute Gasteiger partial charge is 0.257 e. The van der Waals surface area contributed by atoms with Gasteiger partial charge in [0.2, 0.25) is 0 Å². The SMILES string of the molecule is O=C(c1ccccc1)N1CCN(C(=O)c2cc(Cl)ccc2O)CC1. The van der Waals surface area contributed by atoms with Crippen molar-refractivity contribution in [3.63, 3.8) is 0 Å². The van der Waals surface area contributed by atoms with Gasteiger partial charge in [-0.3, -0.25) is 9.59 Å². The average molecular weight is 345 g/mol. The summed E-state index contributed by atoms with van der Waals surface area (Å²) >= 11 is 5.90. The number of phenolic OH excluding ortho intramolecular Hbond substituents is 1. The van der Waals surface area contributed by atoms with Crippen molar-refractivity contribution in [1.29, 1.82) is 0 Å². The lowest BCUT2D eigenvalue weighted by molar-refractivity contribution is 0.0533. The summed E-state index contributed by atoms with van der Waals surface area (Å²) in [5.41, 5.74) is 0.829. The predicted molar refractivity (Wildman–Crippen MR) is 91.4 cm³/mol. The molecule has 0 atom stereocenters. The quantitative estimate of drug-likeness (QED) is 0.911. The van der Waals surface area contributed by atoms with Gasteiger partial charge in [0.15, 0.2) is 0 Å². The second-order valence-corrected chi connectivity index (χ2v) is 6.05. The summed E-state index contributed by atoms with van der Waals surface area (Å²) in [7, 11) is 0. The lowest BCUT2D eigenvalue weighted by atomic mass is 10.1. The van der Waals surface area contributed by atoms with Crippen molar-refractivity contribution in [3.8, 4) is 5.75 Å². The van der Waals surface area contributed by atoms with Crippen molar-refractivity contribution in [2.45, 2.75) is 0 Å². The summed E-state index contributed by atoms with van der Waals surface area (Å²) in [5.74, 6) is -0.401. The number of piperazine rings is 1. The first-order chi connectivity index (χ1) is 11.6. The number of hydrogen-bond acceptors (Lipinski definition) is 3. The molecule has 1 N–H and O–H groups in total. The molecule has 3 rings (SSSR count). The third kappa shape index (κ3) is 3.36. The fourth-order valence-corrected chi connectivity index (χ4v) is 2.90. The van der Waals surface area contributed by atoms with Crippen LogP contribution in [0.1, 0.15) is 20.7 Å². The van der Waals surface area contributed by atoms with Crippen LogP contribution in [0.25, 0.3) is 0 Å². The zero-order valence-electron chi connectivity index (χ0n) is 13.0. The second-order valence-electron chi connectivity index (χ2n) is 5.61. The maximum atomic E-state index is 12.5. The Kier molecular flexibility index (Phi) is 4.71. The molecule has 6 heteroatoms. The van der Waals surface area contributed by atoms with E-state index >= 15 is 0 Å². The first kappa shape index (κ1) is 16.3. The highest BCUT2D eigenvalue weighted by Gasteiger charge is 2.26. The van der Waals surface area contributed by atoms with Crippen LogP contribution >= 0.6 is 11.6 Å². The molecule has 24 heavy (non-hydrogen) atoms. The zero-order valence-corrected chi connectivity index (χ0v) is 13.7. The molecule has 1 fully saturated rings. The molecule has 2 aromatic rings. The molecular formula is C18H17ClN2O3. The van der Waals surface area contributed by atoms with Crippen LogP contribution in [-0.2, 0) is 0 Å². The van der Waals surface area contributed by atoms with Gasteiger partial charge >= 0.3 is 0 Å². The van der Waals surface area contributed by atoms with E-state index < -0.39 is 0 Å². The number of amides is 2. The van der Waals surface area contributed by atoms with Crippen molar-refractivity contribution in [3.05, 3.63) is 64.7 Å². The number of hydrogen-bond donors (Lipinski definition) is 1. The normalized spacial score (nSPS) is 14.5. The van der Waals surface area contributed by atoms with Gasteiger partial charge in [-0.2, -0.15) is 0 Å². The van der Waals surface area contributed by atoms with Gasteiger partial charge in [0.1, 0.15) is 5.75 Å². The van der Waals surface area contributed by atoms with Crippen LogP contribution in [0.5, 0.6) is 5.75 Å². The van der Waals surface area contributed by atoms with Crippen LogP contribution in [0.15, 0.2) is 48.5 Å². The molecule has 0 saturated carbocycles. The lowest BCUT2D eigenvalue weighted by Gasteiger charge is -2.35. The van der Waals surface area contributed by atoms with Gasteiger partial charge in [-0.25, -0.2) is 0 Å². The summed E-state index contributed by atoms with van der Waals surface area (Å²) < 4.78 is 0. The first-order valence-electron chi connectivity index (χ1n) is 7.68. The standard InChI is InChI=1S/C18H17ClN2O3/c19-14-6-7-16(22)15(12-14)18(24)21-10-8-20(9-11-21)17(23)13-4-2-1-3-5-13/h1-7,12,22H,8-11H2. The van der Waals surface area contributed by atoms with E-state index in [1.165, 1.54) is 18.2 Å². The molecule has 124 valence electrons. The third-order valence-corrected chi connectivity index (χ3v) is 4.30. The van der Waals surface area contributed by atoms with E-state index in [1.807, 2.05) is 18.2 Å². The molecule has 0 bridgehead atoms. The minimum atomic E-state index is -0.276. The summed E-state index contributed by atoms with van der Waals surface area (Å²) in [4.78, 5) is 28.3. The Morgan fingerprint density at radius 2 is 1.46 bits per heavy atom. The zero-order chi connectivity index (χ0) is 17.1. The van der Waals surface area contributed by atoms with Crippen LogP contribution in [0.3, 0.4) is 0 Å². The number of carbonyl (C=O) groups is 2. The fraction of sp³-hybridized carbons (Fsp3) is 0.222. The second kappa shape index (κ2) is 6.93. The maximum Gasteiger partial charge on any atom is 0.257 e. The van der Waals surface area contributed by atoms with Crippen molar-refractivity contribution >= 4 is 23.4 Å². The molecule has 5 nitrogen and oxygen atoms in total. The topological polar surface area (TPSA) is 60.9 Å². The number of halogens is 1. The molecule has 1 heterocycles. The molecule has 1 aliphatic rings. The Balaban J connectivity index is 1.66. The molecule has 0 spiro atoms. The number of aromatic hydroxyl groups is 1. The van der Waals surface area contributed by atoms with E-state index in [0.717, 1.165) is 0 Å². The Morgan fingerprint density at radius 3 is 2.08 bits per heavy atom. The van der Waals surface area contributed by atoms with Gasteiger partial charge < -0.3 is 14.9 Å². The highest BCUT2D eigenvalue weighted by Crippen LogP contribution is 2.23. The van der Waals surface area contributed by atoms with Gasteiger partial charge in [-0.05, 0) is 30.3 Å². The predicted octanol–water partition coefficient (Wildman–Crippen LogP) is 2.64. The van der Waals surface area contributed by atoms with E-state index in [-0.39, 0.29) is 23.1 Å². The van der Waals surface area contributed by atoms with Crippen molar-refractivity contribution in [2.24, 2.45) is 0 Å². The number of rotatable bonds is 2. The number of benzene rings is 2. The minimum Gasteiger partial charge on any atom is -0.507 e. The highest BCUT2D eigenvalue weighted by molar-refractivity contribution is 6.31. The molecule has 1 aliphatic heterocycles. The van der Waals surface area contributed by atoms with Gasteiger partial charge in [-0.1, -0.05) is 29.8 Å². The Morgan fingerprint density at radius 1 is 0.875 bits per heavy atom. The van der Waals surface area contributed by atoms with E-state index in [4.69, 9.17) is 11.6 Å². The molecule has 2 aromatic carbocycles. The number of nitrogens with zero attached hydrogens (tertiary/aromatic N) is 2. The first-order valence-corrected chi connectivity index (χ1v) is 8.06. The van der Waals surface area contributed by atoms with Gasteiger partial charge in [0, 0.05) is 36.8 Å². The highest BCUT2D eigenvalue weighted by atomic mass is 35.5. The van der Waals surface area contributed by atoms with Gasteiger partial charge in [-0.15, -0.1) is 0 Å². The molecule has 0 unspecified atom stereocenters. The Bertz CT molecular complexity index is 756. The van der Waals surface area contributed by atoms with E-state index in [2.05, 4.69) is 0 Å². The van der Waals surface area contributed by atoms with Crippen LogP contribution in [0, 0.1) is 0 Å². The maximum absolute atomic E-state index is 12.5. The summed E-state index contributed by atoms with van der Waals surface area (Å²) in [6.07, 6.45) is 0. The number of phenols is 1. The van der Waals surface area contributed by atoms with Crippen LogP contribution < -0.4 is 0 Å². The van der Waals surface area contributed by atoms with Crippen molar-refractivity contribution in [2.75, 3.05) is 26.2 Å². The summed E-state index contributed by atoms with van der Waals surface area (Å²) in [6, 6.07) is 13.5. The van der Waals surface area contributed by atoms with Crippen molar-refractivity contribution in [1.82, 2.24) is 9.80 Å². The third-order valence-electron chi connectivity index (χ3n) is 4.06. The van der Waals surface area contributed by atoms with Crippen LogP contribution in [-0.4, -0.2) is 52.9 Å². The summed E-state index contributed by atoms with van der Waals surface area (Å²) in [5, 5.41) is 10.3.